The Hall–Kier alpha value is -2.15. The van der Waals surface area contributed by atoms with Gasteiger partial charge in [-0.2, -0.15) is 0 Å². The number of ether oxygens (including phenoxy) is 1. The highest BCUT2D eigenvalue weighted by Crippen LogP contribution is 2.27. The molecule has 1 atom stereocenters. The van der Waals surface area contributed by atoms with Gasteiger partial charge in [-0.15, -0.1) is 0 Å². The van der Waals surface area contributed by atoms with E-state index >= 15 is 0 Å². The van der Waals surface area contributed by atoms with Gasteiger partial charge in [-0.1, -0.05) is 6.07 Å². The van der Waals surface area contributed by atoms with Crippen LogP contribution in [0.15, 0.2) is 18.2 Å². The van der Waals surface area contributed by atoms with Crippen LogP contribution in [-0.2, 0) is 4.79 Å². The Morgan fingerprint density at radius 3 is 2.67 bits per heavy atom. The summed E-state index contributed by atoms with van der Waals surface area (Å²) in [5.74, 6) is -0.289. The van der Waals surface area contributed by atoms with Crippen molar-refractivity contribution < 1.29 is 14.5 Å². The van der Waals surface area contributed by atoms with Crippen LogP contribution in [0.4, 0.5) is 5.69 Å². The minimum Gasteiger partial charge on any atom is -0.487 e. The number of hydrogen-bond acceptors (Lipinski definition) is 5. The minimum absolute atomic E-state index is 0.0543. The lowest BCUT2D eigenvalue weighted by atomic mass is 9.96. The lowest BCUT2D eigenvalue weighted by molar-refractivity contribution is -0.385. The Bertz CT molecular complexity index is 529. The van der Waals surface area contributed by atoms with E-state index in [1.54, 1.807) is 19.1 Å². The second kappa shape index (κ2) is 7.03. The van der Waals surface area contributed by atoms with Gasteiger partial charge in [-0.05, 0) is 44.7 Å². The van der Waals surface area contributed by atoms with Crippen LogP contribution in [0, 0.1) is 17.0 Å². The number of rotatable bonds is 8. The zero-order chi connectivity index (χ0) is 16.0. The molecule has 0 spiro atoms. The smallest absolute Gasteiger partial charge is 0.310 e. The lowest BCUT2D eigenvalue weighted by Crippen LogP contribution is -2.49. The van der Waals surface area contributed by atoms with Gasteiger partial charge in [0.25, 0.3) is 0 Å². The molecule has 0 aliphatic heterocycles. The molecule has 0 aliphatic rings. The van der Waals surface area contributed by atoms with Crippen molar-refractivity contribution >= 4 is 11.6 Å². The minimum atomic E-state index is -1.03. The van der Waals surface area contributed by atoms with Crippen molar-refractivity contribution in [2.45, 2.75) is 38.6 Å². The number of hydrogen-bond donors (Lipinski definition) is 2. The third-order valence-corrected chi connectivity index (χ3v) is 3.22. The molecule has 7 heteroatoms. The van der Waals surface area contributed by atoms with Gasteiger partial charge in [0.1, 0.15) is 0 Å². The standard InChI is InChI=1S/C14H21N3O4/c1-10-5-6-11(17(19)20)12(9-10)21-8-4-3-7-14(2,16)13(15)18/h5-6,9H,3-4,7-8,16H2,1-2H3,(H2,15,18). The fraction of sp³-hybridized carbons (Fsp3) is 0.500. The summed E-state index contributed by atoms with van der Waals surface area (Å²) in [7, 11) is 0. The third-order valence-electron chi connectivity index (χ3n) is 3.22. The number of nitrogens with two attached hydrogens (primary N) is 2. The normalized spacial score (nSPS) is 13.5. The van der Waals surface area contributed by atoms with Gasteiger partial charge in [-0.25, -0.2) is 0 Å². The predicted molar refractivity (Wildman–Crippen MR) is 79.0 cm³/mol. The van der Waals surface area contributed by atoms with Gasteiger partial charge >= 0.3 is 5.69 Å². The van der Waals surface area contributed by atoms with Crippen molar-refractivity contribution in [3.05, 3.63) is 33.9 Å². The molecule has 1 aromatic carbocycles. The van der Waals surface area contributed by atoms with Gasteiger partial charge in [0.15, 0.2) is 5.75 Å². The molecule has 0 saturated heterocycles. The summed E-state index contributed by atoms with van der Waals surface area (Å²) in [4.78, 5) is 21.5. The second-order valence-corrected chi connectivity index (χ2v) is 5.32. The van der Waals surface area contributed by atoms with Gasteiger partial charge in [-0.3, -0.25) is 14.9 Å². The monoisotopic (exact) mass is 295 g/mol. The Labute approximate surface area is 123 Å². The molecule has 1 unspecified atom stereocenters. The number of unbranched alkanes of at least 4 members (excludes halogenated alkanes) is 1. The van der Waals surface area contributed by atoms with Crippen molar-refractivity contribution in [3.8, 4) is 5.75 Å². The van der Waals surface area contributed by atoms with Crippen molar-refractivity contribution in [1.82, 2.24) is 0 Å². The molecule has 1 aromatic rings. The molecule has 1 amide bonds. The molecule has 0 aromatic heterocycles. The first kappa shape index (κ1) is 16.9. The van der Waals surface area contributed by atoms with Crippen LogP contribution in [0.3, 0.4) is 0 Å². The van der Waals surface area contributed by atoms with Gasteiger partial charge in [0.05, 0.1) is 17.1 Å². The predicted octanol–water partition coefficient (Wildman–Crippen LogP) is 1.66. The van der Waals surface area contributed by atoms with E-state index in [1.165, 1.54) is 6.07 Å². The Morgan fingerprint density at radius 1 is 1.43 bits per heavy atom. The summed E-state index contributed by atoms with van der Waals surface area (Å²) in [5.41, 5.74) is 10.7. The highest BCUT2D eigenvalue weighted by Gasteiger charge is 2.24. The number of nitrogens with zero attached hydrogens (tertiary/aromatic N) is 1. The maximum absolute atomic E-state index is 11.1. The SMILES string of the molecule is Cc1ccc([N+](=O)[O-])c(OCCCCC(C)(N)C(N)=O)c1. The number of nitro benzene ring substituents is 1. The summed E-state index contributed by atoms with van der Waals surface area (Å²) < 4.78 is 5.46. The van der Waals surface area contributed by atoms with E-state index < -0.39 is 16.4 Å². The van der Waals surface area contributed by atoms with Crippen molar-refractivity contribution in [3.63, 3.8) is 0 Å². The Balaban J connectivity index is 2.48. The van der Waals surface area contributed by atoms with Gasteiger partial charge in [0.2, 0.25) is 5.91 Å². The average molecular weight is 295 g/mol. The summed E-state index contributed by atoms with van der Waals surface area (Å²) in [5, 5.41) is 10.9. The van der Waals surface area contributed by atoms with Crippen molar-refractivity contribution in [1.29, 1.82) is 0 Å². The van der Waals surface area contributed by atoms with Crippen LogP contribution in [0.1, 0.15) is 31.7 Å². The molecule has 0 radical (unpaired) electrons. The van der Waals surface area contributed by atoms with Crippen LogP contribution in [0.2, 0.25) is 0 Å². The topological polar surface area (TPSA) is 121 Å². The summed E-state index contributed by atoms with van der Waals surface area (Å²) >= 11 is 0. The molecule has 0 fully saturated rings. The molecule has 7 nitrogen and oxygen atoms in total. The lowest BCUT2D eigenvalue weighted by Gasteiger charge is -2.19. The summed E-state index contributed by atoms with van der Waals surface area (Å²) in [6, 6.07) is 4.72. The quantitative estimate of drug-likeness (QED) is 0.429. The zero-order valence-corrected chi connectivity index (χ0v) is 12.3. The molecular formula is C14H21N3O4. The zero-order valence-electron chi connectivity index (χ0n) is 12.3. The molecule has 4 N–H and O–H groups in total. The molecule has 21 heavy (non-hydrogen) atoms. The van der Waals surface area contributed by atoms with Crippen molar-refractivity contribution in [2.24, 2.45) is 11.5 Å². The summed E-state index contributed by atoms with van der Waals surface area (Å²) in [6.07, 6.45) is 1.72. The number of carbonyl (C=O) groups is 1. The number of nitro groups is 1. The molecule has 0 saturated carbocycles. The fourth-order valence-electron chi connectivity index (χ4n) is 1.79. The van der Waals surface area contributed by atoms with Crippen LogP contribution in [0.5, 0.6) is 5.75 Å². The Kier molecular flexibility index (Phi) is 5.66. The van der Waals surface area contributed by atoms with Crippen molar-refractivity contribution in [2.75, 3.05) is 6.61 Å². The average Bonchev–Trinajstić information content (AvgIpc) is 2.37. The molecule has 0 aliphatic carbocycles. The first-order chi connectivity index (χ1) is 9.74. The van der Waals surface area contributed by atoms with E-state index in [1.807, 2.05) is 6.92 Å². The highest BCUT2D eigenvalue weighted by atomic mass is 16.6. The molecule has 1 rings (SSSR count). The maximum atomic E-state index is 11.1. The molecule has 0 bridgehead atoms. The van der Waals surface area contributed by atoms with Crippen LogP contribution < -0.4 is 16.2 Å². The first-order valence-electron chi connectivity index (χ1n) is 6.70. The number of amides is 1. The molecule has 116 valence electrons. The van der Waals surface area contributed by atoms with E-state index in [0.717, 1.165) is 5.56 Å². The highest BCUT2D eigenvalue weighted by molar-refractivity contribution is 5.83. The third kappa shape index (κ3) is 5.03. The van der Waals surface area contributed by atoms with Gasteiger partial charge in [0, 0.05) is 6.07 Å². The Morgan fingerprint density at radius 2 is 2.10 bits per heavy atom. The van der Waals surface area contributed by atoms with Gasteiger partial charge < -0.3 is 16.2 Å². The number of benzene rings is 1. The van der Waals surface area contributed by atoms with Crippen LogP contribution in [0.25, 0.3) is 0 Å². The fourth-order valence-corrected chi connectivity index (χ4v) is 1.79. The summed E-state index contributed by atoms with van der Waals surface area (Å²) in [6.45, 7) is 3.74. The van der Waals surface area contributed by atoms with E-state index in [0.29, 0.717) is 25.9 Å². The molecular weight excluding hydrogens is 274 g/mol. The number of aryl methyl sites for hydroxylation is 1. The first-order valence-corrected chi connectivity index (χ1v) is 6.70. The van der Waals surface area contributed by atoms with E-state index in [-0.39, 0.29) is 11.4 Å². The van der Waals surface area contributed by atoms with Crippen LogP contribution >= 0.6 is 0 Å². The largest absolute Gasteiger partial charge is 0.487 e. The van der Waals surface area contributed by atoms with E-state index in [9.17, 15) is 14.9 Å². The number of primary amides is 1. The maximum Gasteiger partial charge on any atom is 0.310 e. The van der Waals surface area contributed by atoms with E-state index in [2.05, 4.69) is 0 Å². The van der Waals surface area contributed by atoms with Crippen LogP contribution in [-0.4, -0.2) is 23.0 Å². The number of carbonyl (C=O) groups excluding carboxylic acids is 1. The molecule has 0 heterocycles. The second-order valence-electron chi connectivity index (χ2n) is 5.32. The van der Waals surface area contributed by atoms with E-state index in [4.69, 9.17) is 16.2 Å².